The van der Waals surface area contributed by atoms with Crippen molar-refractivity contribution in [1.29, 1.82) is 0 Å². The molecule has 1 heterocycles. The van der Waals surface area contributed by atoms with Gasteiger partial charge < -0.3 is 4.98 Å². The van der Waals surface area contributed by atoms with Crippen molar-refractivity contribution in [3.63, 3.8) is 0 Å². The van der Waals surface area contributed by atoms with Crippen molar-refractivity contribution in [1.82, 2.24) is 9.97 Å². The average molecular weight is 246 g/mol. The van der Waals surface area contributed by atoms with Gasteiger partial charge in [-0.15, -0.1) is 0 Å². The quantitative estimate of drug-likeness (QED) is 0.903. The Balaban J connectivity index is 2.37. The second kappa shape index (κ2) is 5.12. The first-order valence-corrected chi connectivity index (χ1v) is 5.94. The molecule has 0 spiro atoms. The van der Waals surface area contributed by atoms with Crippen LogP contribution in [0.25, 0.3) is 0 Å². The topological polar surface area (TPSA) is 45.8 Å². The highest BCUT2D eigenvalue weighted by molar-refractivity contribution is 5.23. The number of halogens is 1. The first-order valence-electron chi connectivity index (χ1n) is 5.94. The van der Waals surface area contributed by atoms with Crippen LogP contribution in [0.1, 0.15) is 29.6 Å². The molecule has 2 aromatic rings. The van der Waals surface area contributed by atoms with Gasteiger partial charge in [0.1, 0.15) is 11.6 Å². The molecule has 1 aromatic carbocycles. The van der Waals surface area contributed by atoms with E-state index in [0.29, 0.717) is 35.5 Å². The van der Waals surface area contributed by atoms with Crippen LogP contribution in [-0.2, 0) is 12.8 Å². The number of H-pyrrole nitrogens is 1. The third kappa shape index (κ3) is 2.47. The molecule has 4 heteroatoms. The van der Waals surface area contributed by atoms with E-state index in [1.807, 2.05) is 6.92 Å². The predicted octanol–water partition coefficient (Wildman–Crippen LogP) is 2.37. The highest BCUT2D eigenvalue weighted by Crippen LogP contribution is 2.10. The van der Waals surface area contributed by atoms with E-state index in [1.165, 1.54) is 6.07 Å². The van der Waals surface area contributed by atoms with Crippen molar-refractivity contribution < 1.29 is 4.39 Å². The minimum atomic E-state index is -0.280. The van der Waals surface area contributed by atoms with Crippen LogP contribution in [0.5, 0.6) is 0 Å². The van der Waals surface area contributed by atoms with E-state index < -0.39 is 0 Å². The monoisotopic (exact) mass is 246 g/mol. The van der Waals surface area contributed by atoms with Crippen molar-refractivity contribution in [3.8, 4) is 0 Å². The summed E-state index contributed by atoms with van der Waals surface area (Å²) in [6.07, 6.45) is 0.945. The van der Waals surface area contributed by atoms with Gasteiger partial charge in [-0.05, 0) is 25.0 Å². The van der Waals surface area contributed by atoms with E-state index in [4.69, 9.17) is 0 Å². The molecule has 1 N–H and O–H groups in total. The fraction of sp³-hybridized carbons (Fsp3) is 0.286. The molecule has 3 nitrogen and oxygen atoms in total. The summed E-state index contributed by atoms with van der Waals surface area (Å²) in [5.41, 5.74) is 1.81. The van der Waals surface area contributed by atoms with Gasteiger partial charge in [0.15, 0.2) is 0 Å². The average Bonchev–Trinajstić information content (AvgIpc) is 2.32. The SMILES string of the molecule is CCc1c(C)nc(Cc2ccccc2F)[nH]c1=O. The number of rotatable bonds is 3. The number of aromatic amines is 1. The van der Waals surface area contributed by atoms with Crippen molar-refractivity contribution >= 4 is 0 Å². The summed E-state index contributed by atoms with van der Waals surface area (Å²) in [7, 11) is 0. The van der Waals surface area contributed by atoms with Crippen molar-refractivity contribution in [2.45, 2.75) is 26.7 Å². The van der Waals surface area contributed by atoms with E-state index in [1.54, 1.807) is 25.1 Å². The first-order chi connectivity index (χ1) is 8.61. The molecular formula is C14H15FN2O. The summed E-state index contributed by atoms with van der Waals surface area (Å²) in [6.45, 7) is 3.72. The van der Waals surface area contributed by atoms with Crippen LogP contribution in [-0.4, -0.2) is 9.97 Å². The first kappa shape index (κ1) is 12.5. The maximum atomic E-state index is 13.5. The summed E-state index contributed by atoms with van der Waals surface area (Å²) < 4.78 is 13.5. The third-order valence-corrected chi connectivity index (χ3v) is 2.94. The molecule has 0 amide bonds. The smallest absolute Gasteiger partial charge is 0.254 e. The second-order valence-electron chi connectivity index (χ2n) is 4.20. The zero-order chi connectivity index (χ0) is 13.1. The molecule has 1 aromatic heterocycles. The maximum Gasteiger partial charge on any atom is 0.254 e. The Morgan fingerprint density at radius 2 is 2.06 bits per heavy atom. The lowest BCUT2D eigenvalue weighted by atomic mass is 10.1. The number of hydrogen-bond donors (Lipinski definition) is 1. The van der Waals surface area contributed by atoms with E-state index in [-0.39, 0.29) is 11.4 Å². The van der Waals surface area contributed by atoms with E-state index in [2.05, 4.69) is 9.97 Å². The molecule has 0 aliphatic carbocycles. The molecule has 0 atom stereocenters. The van der Waals surface area contributed by atoms with Gasteiger partial charge in [-0.2, -0.15) is 0 Å². The lowest BCUT2D eigenvalue weighted by Crippen LogP contribution is -2.18. The molecule has 94 valence electrons. The number of aryl methyl sites for hydroxylation is 1. The molecule has 0 radical (unpaired) electrons. The second-order valence-corrected chi connectivity index (χ2v) is 4.20. The fourth-order valence-electron chi connectivity index (χ4n) is 1.99. The standard InChI is InChI=1S/C14H15FN2O/c1-3-11-9(2)16-13(17-14(11)18)8-10-6-4-5-7-12(10)15/h4-7H,3,8H2,1-2H3,(H,16,17,18). The van der Waals surface area contributed by atoms with Gasteiger partial charge in [0.05, 0.1) is 0 Å². The van der Waals surface area contributed by atoms with Crippen molar-refractivity contribution in [2.75, 3.05) is 0 Å². The minimum Gasteiger partial charge on any atom is -0.310 e. The Labute approximate surface area is 105 Å². The highest BCUT2D eigenvalue weighted by atomic mass is 19.1. The maximum absolute atomic E-state index is 13.5. The normalized spacial score (nSPS) is 10.6. The summed E-state index contributed by atoms with van der Waals surface area (Å²) in [5, 5.41) is 0. The van der Waals surface area contributed by atoms with Crippen LogP contribution in [0.4, 0.5) is 4.39 Å². The number of aromatic nitrogens is 2. The van der Waals surface area contributed by atoms with Gasteiger partial charge in [0, 0.05) is 17.7 Å². The lowest BCUT2D eigenvalue weighted by Gasteiger charge is -2.06. The van der Waals surface area contributed by atoms with Gasteiger partial charge in [0.25, 0.3) is 5.56 Å². The van der Waals surface area contributed by atoms with E-state index >= 15 is 0 Å². The molecule has 0 aliphatic heterocycles. The molecule has 0 unspecified atom stereocenters. The fourth-order valence-corrected chi connectivity index (χ4v) is 1.99. The molecule has 0 saturated heterocycles. The molecule has 0 saturated carbocycles. The summed E-state index contributed by atoms with van der Waals surface area (Å²) in [5.74, 6) is 0.220. The minimum absolute atomic E-state index is 0.128. The third-order valence-electron chi connectivity index (χ3n) is 2.94. The lowest BCUT2D eigenvalue weighted by molar-refractivity contribution is 0.611. The van der Waals surface area contributed by atoms with Gasteiger partial charge in [-0.1, -0.05) is 25.1 Å². The molecule has 18 heavy (non-hydrogen) atoms. The van der Waals surface area contributed by atoms with Gasteiger partial charge in [-0.25, -0.2) is 9.37 Å². The van der Waals surface area contributed by atoms with Crippen LogP contribution >= 0.6 is 0 Å². The largest absolute Gasteiger partial charge is 0.310 e. The number of nitrogens with one attached hydrogen (secondary N) is 1. The molecule has 0 bridgehead atoms. The Hall–Kier alpha value is -1.97. The summed E-state index contributed by atoms with van der Waals surface area (Å²) in [6, 6.07) is 6.50. The Morgan fingerprint density at radius 3 is 2.67 bits per heavy atom. The molecule has 2 rings (SSSR count). The van der Waals surface area contributed by atoms with Gasteiger partial charge in [-0.3, -0.25) is 4.79 Å². The zero-order valence-corrected chi connectivity index (χ0v) is 10.5. The van der Waals surface area contributed by atoms with Crippen LogP contribution in [0.2, 0.25) is 0 Å². The molecule has 0 fully saturated rings. The van der Waals surface area contributed by atoms with Crippen LogP contribution < -0.4 is 5.56 Å². The zero-order valence-electron chi connectivity index (χ0n) is 10.5. The Bertz CT molecular complexity index is 619. The Kier molecular flexibility index (Phi) is 3.55. The number of benzene rings is 1. The van der Waals surface area contributed by atoms with Crippen molar-refractivity contribution in [2.24, 2.45) is 0 Å². The summed E-state index contributed by atoms with van der Waals surface area (Å²) >= 11 is 0. The molecule has 0 aliphatic rings. The Morgan fingerprint density at radius 1 is 1.33 bits per heavy atom. The van der Waals surface area contributed by atoms with Crippen LogP contribution in [0.3, 0.4) is 0 Å². The number of hydrogen-bond acceptors (Lipinski definition) is 2. The highest BCUT2D eigenvalue weighted by Gasteiger charge is 2.08. The van der Waals surface area contributed by atoms with E-state index in [0.717, 1.165) is 0 Å². The summed E-state index contributed by atoms with van der Waals surface area (Å²) in [4.78, 5) is 18.8. The number of nitrogens with zero attached hydrogens (tertiary/aromatic N) is 1. The predicted molar refractivity (Wildman–Crippen MR) is 68.2 cm³/mol. The van der Waals surface area contributed by atoms with Crippen LogP contribution in [0, 0.1) is 12.7 Å². The van der Waals surface area contributed by atoms with Crippen molar-refractivity contribution in [3.05, 3.63) is 63.1 Å². The van der Waals surface area contributed by atoms with Gasteiger partial charge >= 0.3 is 0 Å². The van der Waals surface area contributed by atoms with Crippen LogP contribution in [0.15, 0.2) is 29.1 Å². The van der Waals surface area contributed by atoms with Gasteiger partial charge in [0.2, 0.25) is 0 Å². The molecular weight excluding hydrogens is 231 g/mol. The van der Waals surface area contributed by atoms with E-state index in [9.17, 15) is 9.18 Å².